The third kappa shape index (κ3) is 4.08. The van der Waals surface area contributed by atoms with E-state index in [1.807, 2.05) is 6.20 Å². The van der Waals surface area contributed by atoms with Gasteiger partial charge < -0.3 is 5.32 Å². The van der Waals surface area contributed by atoms with Gasteiger partial charge in [-0.2, -0.15) is 0 Å². The van der Waals surface area contributed by atoms with E-state index < -0.39 is 0 Å². The van der Waals surface area contributed by atoms with Crippen LogP contribution in [-0.4, -0.2) is 16.5 Å². The Kier molecular flexibility index (Phi) is 5.00. The predicted octanol–water partition coefficient (Wildman–Crippen LogP) is 3.71. The molecule has 0 radical (unpaired) electrons. The summed E-state index contributed by atoms with van der Waals surface area (Å²) in [6, 6.07) is 0. The SMILES string of the molecule is CC1CCCC(CCNc2ncncc2I)C1. The maximum absolute atomic E-state index is 4.25. The van der Waals surface area contributed by atoms with Gasteiger partial charge >= 0.3 is 0 Å². The summed E-state index contributed by atoms with van der Waals surface area (Å²) in [5.41, 5.74) is 0. The van der Waals surface area contributed by atoms with Crippen LogP contribution in [0.2, 0.25) is 0 Å². The Labute approximate surface area is 117 Å². The molecule has 0 aromatic carbocycles. The van der Waals surface area contributed by atoms with Crippen LogP contribution in [0.5, 0.6) is 0 Å². The van der Waals surface area contributed by atoms with Gasteiger partial charge in [0.1, 0.15) is 12.1 Å². The van der Waals surface area contributed by atoms with Crippen molar-refractivity contribution in [2.45, 2.75) is 39.0 Å². The Morgan fingerprint density at radius 1 is 1.47 bits per heavy atom. The molecule has 1 aliphatic rings. The zero-order valence-corrected chi connectivity index (χ0v) is 12.5. The van der Waals surface area contributed by atoms with E-state index >= 15 is 0 Å². The molecule has 1 fully saturated rings. The largest absolute Gasteiger partial charge is 0.369 e. The van der Waals surface area contributed by atoms with Gasteiger partial charge in [0.25, 0.3) is 0 Å². The Morgan fingerprint density at radius 3 is 3.12 bits per heavy atom. The standard InChI is InChI=1S/C13H20IN3/c1-10-3-2-4-11(7-10)5-6-16-13-12(14)8-15-9-17-13/h8-11H,2-7H2,1H3,(H,15,16,17). The van der Waals surface area contributed by atoms with Gasteiger partial charge in [-0.15, -0.1) is 0 Å². The van der Waals surface area contributed by atoms with E-state index in [0.29, 0.717) is 0 Å². The van der Waals surface area contributed by atoms with E-state index in [-0.39, 0.29) is 0 Å². The van der Waals surface area contributed by atoms with Crippen molar-refractivity contribution in [3.8, 4) is 0 Å². The van der Waals surface area contributed by atoms with Crippen molar-refractivity contribution in [2.24, 2.45) is 11.8 Å². The summed E-state index contributed by atoms with van der Waals surface area (Å²) in [7, 11) is 0. The monoisotopic (exact) mass is 345 g/mol. The Hall–Kier alpha value is -0.390. The quantitative estimate of drug-likeness (QED) is 0.846. The highest BCUT2D eigenvalue weighted by Crippen LogP contribution is 2.30. The van der Waals surface area contributed by atoms with Crippen molar-refractivity contribution in [1.29, 1.82) is 0 Å². The average molecular weight is 345 g/mol. The zero-order chi connectivity index (χ0) is 12.1. The highest BCUT2D eigenvalue weighted by molar-refractivity contribution is 14.1. The topological polar surface area (TPSA) is 37.8 Å². The van der Waals surface area contributed by atoms with E-state index in [0.717, 1.165) is 27.8 Å². The van der Waals surface area contributed by atoms with Crippen molar-refractivity contribution in [3.63, 3.8) is 0 Å². The molecular formula is C13H20IN3. The summed E-state index contributed by atoms with van der Waals surface area (Å²) < 4.78 is 1.10. The molecular weight excluding hydrogens is 325 g/mol. The first-order valence-electron chi connectivity index (χ1n) is 6.45. The molecule has 0 saturated heterocycles. The number of aromatic nitrogens is 2. The number of hydrogen-bond acceptors (Lipinski definition) is 3. The number of nitrogens with one attached hydrogen (secondary N) is 1. The van der Waals surface area contributed by atoms with Crippen LogP contribution in [0.1, 0.15) is 39.0 Å². The minimum Gasteiger partial charge on any atom is -0.369 e. The van der Waals surface area contributed by atoms with Crippen LogP contribution >= 0.6 is 22.6 Å². The van der Waals surface area contributed by atoms with E-state index in [4.69, 9.17) is 0 Å². The van der Waals surface area contributed by atoms with Crippen LogP contribution in [0, 0.1) is 15.4 Å². The van der Waals surface area contributed by atoms with Crippen molar-refractivity contribution in [1.82, 2.24) is 9.97 Å². The normalized spacial score (nSPS) is 24.6. The van der Waals surface area contributed by atoms with Gasteiger partial charge in [-0.1, -0.05) is 26.2 Å². The lowest BCUT2D eigenvalue weighted by molar-refractivity contribution is 0.274. The van der Waals surface area contributed by atoms with Gasteiger partial charge in [0.15, 0.2) is 0 Å². The molecule has 2 unspecified atom stereocenters. The smallest absolute Gasteiger partial charge is 0.142 e. The minimum atomic E-state index is 0.908. The fourth-order valence-electron chi connectivity index (χ4n) is 2.66. The lowest BCUT2D eigenvalue weighted by Crippen LogP contribution is -2.17. The van der Waals surface area contributed by atoms with E-state index in [1.165, 1.54) is 32.1 Å². The minimum absolute atomic E-state index is 0.908. The summed E-state index contributed by atoms with van der Waals surface area (Å²) in [5.74, 6) is 2.81. The number of halogens is 1. The lowest BCUT2D eigenvalue weighted by atomic mass is 9.81. The van der Waals surface area contributed by atoms with Crippen molar-refractivity contribution in [2.75, 3.05) is 11.9 Å². The average Bonchev–Trinajstić information content (AvgIpc) is 2.32. The summed E-state index contributed by atoms with van der Waals surface area (Å²) in [6.45, 7) is 3.41. The van der Waals surface area contributed by atoms with Crippen LogP contribution in [0.25, 0.3) is 0 Å². The molecule has 2 rings (SSSR count). The first-order chi connectivity index (χ1) is 8.25. The maximum Gasteiger partial charge on any atom is 0.142 e. The second-order valence-electron chi connectivity index (χ2n) is 5.07. The van der Waals surface area contributed by atoms with Crippen molar-refractivity contribution < 1.29 is 0 Å². The fourth-order valence-corrected chi connectivity index (χ4v) is 3.15. The van der Waals surface area contributed by atoms with Crippen LogP contribution in [0.15, 0.2) is 12.5 Å². The highest BCUT2D eigenvalue weighted by Gasteiger charge is 2.18. The van der Waals surface area contributed by atoms with Crippen LogP contribution in [0.3, 0.4) is 0 Å². The molecule has 1 aromatic heterocycles. The molecule has 1 N–H and O–H groups in total. The molecule has 1 heterocycles. The second-order valence-corrected chi connectivity index (χ2v) is 6.23. The molecule has 17 heavy (non-hydrogen) atoms. The van der Waals surface area contributed by atoms with E-state index in [2.05, 4.69) is 44.8 Å². The third-order valence-electron chi connectivity index (χ3n) is 3.56. The molecule has 3 nitrogen and oxygen atoms in total. The van der Waals surface area contributed by atoms with Gasteiger partial charge in [-0.05, 0) is 47.3 Å². The first kappa shape index (κ1) is 13.1. The molecule has 0 aliphatic heterocycles. The molecule has 0 spiro atoms. The highest BCUT2D eigenvalue weighted by atomic mass is 127. The summed E-state index contributed by atoms with van der Waals surface area (Å²) in [4.78, 5) is 8.24. The second kappa shape index (κ2) is 6.52. The molecule has 1 aliphatic carbocycles. The number of rotatable bonds is 4. The summed E-state index contributed by atoms with van der Waals surface area (Å²) >= 11 is 2.27. The molecule has 2 atom stereocenters. The van der Waals surface area contributed by atoms with Crippen LogP contribution in [0.4, 0.5) is 5.82 Å². The molecule has 4 heteroatoms. The Morgan fingerprint density at radius 2 is 2.35 bits per heavy atom. The van der Waals surface area contributed by atoms with Gasteiger partial charge in [-0.3, -0.25) is 0 Å². The van der Waals surface area contributed by atoms with Gasteiger partial charge in [0.2, 0.25) is 0 Å². The lowest BCUT2D eigenvalue weighted by Gasteiger charge is -2.26. The Balaban J connectivity index is 1.74. The Bertz CT molecular complexity index is 356. The van der Waals surface area contributed by atoms with Crippen LogP contribution in [-0.2, 0) is 0 Å². The van der Waals surface area contributed by atoms with E-state index in [9.17, 15) is 0 Å². The predicted molar refractivity (Wildman–Crippen MR) is 79.0 cm³/mol. The molecule has 0 amide bonds. The van der Waals surface area contributed by atoms with Crippen molar-refractivity contribution >= 4 is 28.4 Å². The number of anilines is 1. The number of nitrogens with zero attached hydrogens (tertiary/aromatic N) is 2. The van der Waals surface area contributed by atoms with Crippen molar-refractivity contribution in [3.05, 3.63) is 16.1 Å². The summed E-state index contributed by atoms with van der Waals surface area (Å²) in [6.07, 6.45) is 10.4. The molecule has 1 aromatic rings. The molecule has 94 valence electrons. The number of hydrogen-bond donors (Lipinski definition) is 1. The third-order valence-corrected chi connectivity index (χ3v) is 4.35. The molecule has 1 saturated carbocycles. The van der Waals surface area contributed by atoms with E-state index in [1.54, 1.807) is 6.33 Å². The van der Waals surface area contributed by atoms with Crippen LogP contribution < -0.4 is 5.32 Å². The van der Waals surface area contributed by atoms with Gasteiger partial charge in [0.05, 0.1) is 3.57 Å². The van der Waals surface area contributed by atoms with Gasteiger partial charge in [0, 0.05) is 12.7 Å². The maximum atomic E-state index is 4.25. The first-order valence-corrected chi connectivity index (χ1v) is 7.53. The summed E-state index contributed by atoms with van der Waals surface area (Å²) in [5, 5.41) is 3.42. The molecule has 0 bridgehead atoms. The van der Waals surface area contributed by atoms with Gasteiger partial charge in [-0.25, -0.2) is 9.97 Å². The fraction of sp³-hybridized carbons (Fsp3) is 0.692. The zero-order valence-electron chi connectivity index (χ0n) is 10.3.